The van der Waals surface area contributed by atoms with Gasteiger partial charge in [0.15, 0.2) is 0 Å². The minimum absolute atomic E-state index is 0.338. The Labute approximate surface area is 112 Å². The van der Waals surface area contributed by atoms with Gasteiger partial charge in [-0.05, 0) is 24.3 Å². The third-order valence-corrected chi connectivity index (χ3v) is 3.02. The molecule has 17 heavy (non-hydrogen) atoms. The van der Waals surface area contributed by atoms with Gasteiger partial charge in [0.1, 0.15) is 5.82 Å². The molecule has 0 atom stereocenters. The maximum atomic E-state index is 12.9. The summed E-state index contributed by atoms with van der Waals surface area (Å²) in [6.45, 7) is 0. The maximum absolute atomic E-state index is 12.9. The number of nitrogens with zero attached hydrogens (tertiary/aromatic N) is 1. The van der Waals surface area contributed by atoms with Crippen LogP contribution in [0.2, 0.25) is 15.1 Å². The molecule has 0 spiro atoms. The van der Waals surface area contributed by atoms with E-state index in [9.17, 15) is 4.39 Å². The van der Waals surface area contributed by atoms with Crippen molar-refractivity contribution in [2.24, 2.45) is 0 Å². The Bertz CT molecular complexity index is 560. The summed E-state index contributed by atoms with van der Waals surface area (Å²) in [4.78, 5) is 3.65. The molecule has 0 saturated carbocycles. The minimum atomic E-state index is -0.578. The Kier molecular flexibility index (Phi) is 3.72. The van der Waals surface area contributed by atoms with Crippen LogP contribution in [0.3, 0.4) is 0 Å². The van der Waals surface area contributed by atoms with Crippen LogP contribution >= 0.6 is 34.8 Å². The molecule has 1 heterocycles. The Morgan fingerprint density at radius 2 is 1.71 bits per heavy atom. The summed E-state index contributed by atoms with van der Waals surface area (Å²) in [6.07, 6.45) is 0. The number of rotatable bonds is 2. The van der Waals surface area contributed by atoms with Crippen LogP contribution in [-0.2, 0) is 0 Å². The van der Waals surface area contributed by atoms with E-state index in [0.717, 1.165) is 0 Å². The number of pyridine rings is 1. The smallest absolute Gasteiger partial charge is 0.214 e. The van der Waals surface area contributed by atoms with Crippen LogP contribution in [0.5, 0.6) is 0 Å². The first-order valence-corrected chi connectivity index (χ1v) is 5.74. The SMILES string of the molecule is Fc1cccc(Nc2cc(Cl)c(Cl)cc2Cl)n1. The second kappa shape index (κ2) is 5.08. The zero-order valence-electron chi connectivity index (χ0n) is 8.35. The lowest BCUT2D eigenvalue weighted by Crippen LogP contribution is -1.95. The van der Waals surface area contributed by atoms with Crippen molar-refractivity contribution in [3.05, 3.63) is 51.3 Å². The predicted molar refractivity (Wildman–Crippen MR) is 68.9 cm³/mol. The fourth-order valence-electron chi connectivity index (χ4n) is 1.23. The van der Waals surface area contributed by atoms with Crippen molar-refractivity contribution < 1.29 is 4.39 Å². The second-order valence-corrected chi connectivity index (χ2v) is 4.44. The van der Waals surface area contributed by atoms with E-state index in [2.05, 4.69) is 10.3 Å². The van der Waals surface area contributed by atoms with Crippen LogP contribution in [-0.4, -0.2) is 4.98 Å². The van der Waals surface area contributed by atoms with E-state index in [1.807, 2.05) is 0 Å². The number of halogens is 4. The van der Waals surface area contributed by atoms with E-state index >= 15 is 0 Å². The van der Waals surface area contributed by atoms with Gasteiger partial charge in [0.25, 0.3) is 0 Å². The number of hydrogen-bond acceptors (Lipinski definition) is 2. The van der Waals surface area contributed by atoms with Crippen molar-refractivity contribution in [3.8, 4) is 0 Å². The summed E-state index contributed by atoms with van der Waals surface area (Å²) >= 11 is 17.6. The van der Waals surface area contributed by atoms with Crippen molar-refractivity contribution in [1.29, 1.82) is 0 Å². The number of aromatic nitrogens is 1. The molecule has 2 aromatic rings. The van der Waals surface area contributed by atoms with E-state index in [4.69, 9.17) is 34.8 Å². The predicted octanol–water partition coefficient (Wildman–Crippen LogP) is 4.92. The normalized spacial score (nSPS) is 10.4. The van der Waals surface area contributed by atoms with E-state index in [0.29, 0.717) is 26.6 Å². The molecule has 2 nitrogen and oxygen atoms in total. The van der Waals surface area contributed by atoms with E-state index in [1.54, 1.807) is 12.1 Å². The molecule has 0 aliphatic rings. The molecule has 0 bridgehead atoms. The lowest BCUT2D eigenvalue weighted by atomic mass is 10.3. The van der Waals surface area contributed by atoms with Crippen molar-refractivity contribution in [1.82, 2.24) is 4.98 Å². The molecule has 0 aliphatic carbocycles. The summed E-state index contributed by atoms with van der Waals surface area (Å²) < 4.78 is 12.9. The first-order chi connectivity index (χ1) is 8.06. The standard InChI is InChI=1S/C11H6Cl3FN2/c12-6-4-8(14)9(5-7(6)13)16-11-3-1-2-10(15)17-11/h1-5H,(H,16,17). The molecule has 1 N–H and O–H groups in total. The molecule has 6 heteroatoms. The van der Waals surface area contributed by atoms with Gasteiger partial charge in [-0.2, -0.15) is 4.39 Å². The van der Waals surface area contributed by atoms with Crippen LogP contribution in [0.15, 0.2) is 30.3 Å². The fourth-order valence-corrected chi connectivity index (χ4v) is 1.83. The van der Waals surface area contributed by atoms with Crippen LogP contribution in [0.1, 0.15) is 0 Å². The van der Waals surface area contributed by atoms with Gasteiger partial charge < -0.3 is 5.32 Å². The first-order valence-electron chi connectivity index (χ1n) is 4.60. The van der Waals surface area contributed by atoms with Crippen LogP contribution < -0.4 is 5.32 Å². The molecule has 88 valence electrons. The highest BCUT2D eigenvalue weighted by Gasteiger charge is 2.07. The Morgan fingerprint density at radius 1 is 1.00 bits per heavy atom. The Balaban J connectivity index is 2.33. The zero-order valence-corrected chi connectivity index (χ0v) is 10.6. The molecular weight excluding hydrogens is 285 g/mol. The van der Waals surface area contributed by atoms with Crippen molar-refractivity contribution in [3.63, 3.8) is 0 Å². The number of hydrogen-bond donors (Lipinski definition) is 1. The van der Waals surface area contributed by atoms with Crippen LogP contribution in [0.25, 0.3) is 0 Å². The molecule has 2 rings (SSSR count). The Morgan fingerprint density at radius 3 is 2.41 bits per heavy atom. The zero-order chi connectivity index (χ0) is 12.4. The van der Waals surface area contributed by atoms with Gasteiger partial charge in [0, 0.05) is 0 Å². The van der Waals surface area contributed by atoms with Crippen molar-refractivity contribution >= 4 is 46.3 Å². The van der Waals surface area contributed by atoms with Gasteiger partial charge in [-0.3, -0.25) is 0 Å². The monoisotopic (exact) mass is 290 g/mol. The largest absolute Gasteiger partial charge is 0.339 e. The lowest BCUT2D eigenvalue weighted by Gasteiger charge is -2.08. The van der Waals surface area contributed by atoms with Gasteiger partial charge >= 0.3 is 0 Å². The lowest BCUT2D eigenvalue weighted by molar-refractivity contribution is 0.585. The highest BCUT2D eigenvalue weighted by Crippen LogP contribution is 2.33. The number of benzene rings is 1. The van der Waals surface area contributed by atoms with Crippen molar-refractivity contribution in [2.45, 2.75) is 0 Å². The topological polar surface area (TPSA) is 24.9 Å². The maximum Gasteiger partial charge on any atom is 0.214 e. The first kappa shape index (κ1) is 12.4. The highest BCUT2D eigenvalue weighted by atomic mass is 35.5. The summed E-state index contributed by atoms with van der Waals surface area (Å²) in [7, 11) is 0. The molecule has 0 amide bonds. The Hall–Kier alpha value is -1.03. The van der Waals surface area contributed by atoms with Crippen LogP contribution in [0.4, 0.5) is 15.9 Å². The van der Waals surface area contributed by atoms with Gasteiger partial charge in [-0.1, -0.05) is 40.9 Å². The highest BCUT2D eigenvalue weighted by molar-refractivity contribution is 6.44. The molecular formula is C11H6Cl3FN2. The quantitative estimate of drug-likeness (QED) is 0.627. The molecule has 1 aromatic carbocycles. The van der Waals surface area contributed by atoms with Gasteiger partial charge in [-0.15, -0.1) is 0 Å². The summed E-state index contributed by atoms with van der Waals surface area (Å²) in [6, 6.07) is 7.46. The van der Waals surface area contributed by atoms with E-state index < -0.39 is 5.95 Å². The molecule has 0 saturated heterocycles. The fraction of sp³-hybridized carbons (Fsp3) is 0. The average molecular weight is 292 g/mol. The molecule has 0 unspecified atom stereocenters. The van der Waals surface area contributed by atoms with Gasteiger partial charge in [0.05, 0.1) is 20.8 Å². The van der Waals surface area contributed by atoms with Crippen LogP contribution in [0, 0.1) is 5.95 Å². The van der Waals surface area contributed by atoms with Crippen molar-refractivity contribution in [2.75, 3.05) is 5.32 Å². The molecule has 0 fully saturated rings. The molecule has 1 aromatic heterocycles. The molecule has 0 aliphatic heterocycles. The van der Waals surface area contributed by atoms with E-state index in [1.165, 1.54) is 18.2 Å². The number of anilines is 2. The summed E-state index contributed by atoms with van der Waals surface area (Å²) in [5, 5.41) is 3.95. The summed E-state index contributed by atoms with van der Waals surface area (Å²) in [5.41, 5.74) is 0.513. The third kappa shape index (κ3) is 3.00. The van der Waals surface area contributed by atoms with Gasteiger partial charge in [-0.25, -0.2) is 4.98 Å². The number of nitrogens with one attached hydrogen (secondary N) is 1. The average Bonchev–Trinajstić information content (AvgIpc) is 2.26. The summed E-state index contributed by atoms with van der Waals surface area (Å²) in [5.74, 6) is -0.239. The third-order valence-electron chi connectivity index (χ3n) is 1.99. The molecule has 0 radical (unpaired) electrons. The minimum Gasteiger partial charge on any atom is -0.339 e. The second-order valence-electron chi connectivity index (χ2n) is 3.22. The van der Waals surface area contributed by atoms with E-state index in [-0.39, 0.29) is 0 Å². The van der Waals surface area contributed by atoms with Gasteiger partial charge in [0.2, 0.25) is 5.95 Å².